The van der Waals surface area contributed by atoms with Crippen LogP contribution in [-0.2, 0) is 16.6 Å². The van der Waals surface area contributed by atoms with Crippen LogP contribution in [0, 0.1) is 0 Å². The SMILES string of the molecule is CN(C)CC[C@H](CSc1ccccc1)Nc1ccc(S(=O)(=O)Nc2ncnc3cc(N4CCN(Cc5cc(Cl)ccc5-c5ccccc5)CC4)ccc23)cc1C(N)=O. The van der Waals surface area contributed by atoms with Crippen molar-refractivity contribution < 1.29 is 13.2 Å². The fourth-order valence-electron chi connectivity index (χ4n) is 7.07. The number of primary amides is 1. The quantitative estimate of drug-likeness (QED) is 0.0833. The molecule has 1 aliphatic heterocycles. The zero-order valence-corrected chi connectivity index (χ0v) is 34.9. The summed E-state index contributed by atoms with van der Waals surface area (Å²) in [7, 11) is -0.150. The molecule has 0 radical (unpaired) electrons. The molecule has 1 atom stereocenters. The van der Waals surface area contributed by atoms with E-state index in [0.29, 0.717) is 16.6 Å². The Bertz CT molecular complexity index is 2470. The first-order valence-electron chi connectivity index (χ1n) is 19.1. The Morgan fingerprint density at radius 1 is 0.897 bits per heavy atom. The number of benzene rings is 5. The van der Waals surface area contributed by atoms with Gasteiger partial charge in [0.2, 0.25) is 0 Å². The Labute approximate surface area is 349 Å². The largest absolute Gasteiger partial charge is 0.381 e. The van der Waals surface area contributed by atoms with Gasteiger partial charge in [0.15, 0.2) is 5.82 Å². The van der Waals surface area contributed by atoms with E-state index in [2.05, 4.69) is 71.1 Å². The summed E-state index contributed by atoms with van der Waals surface area (Å²) in [4.78, 5) is 29.4. The number of hydrogen-bond acceptors (Lipinski definition) is 10. The third-order valence-electron chi connectivity index (χ3n) is 10.2. The third kappa shape index (κ3) is 10.3. The molecule has 6 aromatic rings. The molecule has 2 heterocycles. The van der Waals surface area contributed by atoms with Crippen molar-refractivity contribution in [3.8, 4) is 11.1 Å². The van der Waals surface area contributed by atoms with Crippen LogP contribution in [0.4, 0.5) is 17.2 Å². The minimum Gasteiger partial charge on any atom is -0.381 e. The summed E-state index contributed by atoms with van der Waals surface area (Å²) in [6, 6.07) is 36.7. The molecular formula is C44H47ClN8O3S2. The highest BCUT2D eigenvalue weighted by Gasteiger charge is 2.23. The van der Waals surface area contributed by atoms with Crippen molar-refractivity contribution >= 4 is 67.4 Å². The van der Waals surface area contributed by atoms with Crippen molar-refractivity contribution in [2.24, 2.45) is 5.73 Å². The molecule has 300 valence electrons. The molecule has 0 unspecified atom stereocenters. The Balaban J connectivity index is 1.03. The molecule has 0 saturated carbocycles. The summed E-state index contributed by atoms with van der Waals surface area (Å²) in [5.74, 6) is 0.140. The fourth-order valence-corrected chi connectivity index (χ4v) is 9.32. The Hall–Kier alpha value is -5.18. The number of hydrogen-bond donors (Lipinski definition) is 3. The van der Waals surface area contributed by atoms with Gasteiger partial charge in [0.05, 0.1) is 16.0 Å². The first-order chi connectivity index (χ1) is 28.0. The van der Waals surface area contributed by atoms with Gasteiger partial charge in [-0.2, -0.15) is 0 Å². The average molecular weight is 835 g/mol. The van der Waals surface area contributed by atoms with E-state index in [4.69, 9.17) is 17.3 Å². The number of carbonyl (C=O) groups excluding carboxylic acids is 1. The molecule has 1 saturated heterocycles. The maximum absolute atomic E-state index is 13.8. The second-order valence-electron chi connectivity index (χ2n) is 14.6. The van der Waals surface area contributed by atoms with E-state index in [-0.39, 0.29) is 22.3 Å². The van der Waals surface area contributed by atoms with Crippen molar-refractivity contribution in [1.29, 1.82) is 0 Å². The van der Waals surface area contributed by atoms with Gasteiger partial charge in [0.1, 0.15) is 6.33 Å². The molecule has 0 aliphatic carbocycles. The van der Waals surface area contributed by atoms with E-state index < -0.39 is 15.9 Å². The monoisotopic (exact) mass is 834 g/mol. The van der Waals surface area contributed by atoms with Gasteiger partial charge in [-0.3, -0.25) is 14.4 Å². The van der Waals surface area contributed by atoms with E-state index in [1.165, 1.54) is 35.2 Å². The van der Waals surface area contributed by atoms with Gasteiger partial charge in [0.25, 0.3) is 15.9 Å². The number of nitrogens with zero attached hydrogens (tertiary/aromatic N) is 5. The molecule has 0 bridgehead atoms. The average Bonchev–Trinajstić information content (AvgIpc) is 3.22. The summed E-state index contributed by atoms with van der Waals surface area (Å²) in [6.07, 6.45) is 2.14. The normalized spacial score (nSPS) is 14.1. The summed E-state index contributed by atoms with van der Waals surface area (Å²) in [5.41, 5.74) is 11.5. The Kier molecular flexibility index (Phi) is 13.1. The predicted octanol–water partition coefficient (Wildman–Crippen LogP) is 7.70. The van der Waals surface area contributed by atoms with Crippen LogP contribution in [0.15, 0.2) is 131 Å². The van der Waals surface area contributed by atoms with Crippen molar-refractivity contribution in [1.82, 2.24) is 19.8 Å². The van der Waals surface area contributed by atoms with Crippen LogP contribution in [0.25, 0.3) is 22.0 Å². The van der Waals surface area contributed by atoms with Gasteiger partial charge in [-0.05, 0) is 104 Å². The number of sulfonamides is 1. The molecule has 7 rings (SSSR count). The number of carbonyl (C=O) groups is 1. The number of halogens is 1. The van der Waals surface area contributed by atoms with Crippen LogP contribution in [0.1, 0.15) is 22.3 Å². The number of thioether (sulfide) groups is 1. The molecule has 5 aromatic carbocycles. The highest BCUT2D eigenvalue weighted by Crippen LogP contribution is 2.31. The van der Waals surface area contributed by atoms with E-state index in [9.17, 15) is 13.2 Å². The van der Waals surface area contributed by atoms with E-state index in [1.807, 2.05) is 74.8 Å². The summed E-state index contributed by atoms with van der Waals surface area (Å²) >= 11 is 8.14. The topological polar surface area (TPSA) is 137 Å². The number of aromatic nitrogens is 2. The molecule has 1 amide bonds. The van der Waals surface area contributed by atoms with Crippen LogP contribution < -0.4 is 20.7 Å². The first kappa shape index (κ1) is 41.0. The van der Waals surface area contributed by atoms with Gasteiger partial charge in [-0.1, -0.05) is 66.2 Å². The minimum atomic E-state index is -4.17. The number of amides is 1. The molecular weight excluding hydrogens is 788 g/mol. The Morgan fingerprint density at radius 3 is 2.36 bits per heavy atom. The highest BCUT2D eigenvalue weighted by molar-refractivity contribution is 7.99. The van der Waals surface area contributed by atoms with Crippen LogP contribution in [0.2, 0.25) is 5.02 Å². The summed E-state index contributed by atoms with van der Waals surface area (Å²) in [6.45, 7) is 4.95. The lowest BCUT2D eigenvalue weighted by Crippen LogP contribution is -2.46. The van der Waals surface area contributed by atoms with Crippen LogP contribution in [0.5, 0.6) is 0 Å². The Morgan fingerprint density at radius 2 is 1.64 bits per heavy atom. The zero-order valence-electron chi connectivity index (χ0n) is 32.5. The van der Waals surface area contributed by atoms with E-state index in [0.717, 1.165) is 67.0 Å². The molecule has 1 aromatic heterocycles. The minimum absolute atomic E-state index is 0.0190. The smallest absolute Gasteiger partial charge is 0.263 e. The van der Waals surface area contributed by atoms with Crippen LogP contribution in [0.3, 0.4) is 0 Å². The lowest BCUT2D eigenvalue weighted by Gasteiger charge is -2.36. The second-order valence-corrected chi connectivity index (χ2v) is 17.8. The van der Waals surface area contributed by atoms with Crippen molar-refractivity contribution in [2.45, 2.75) is 28.8 Å². The number of anilines is 3. The van der Waals surface area contributed by atoms with Crippen LogP contribution in [-0.4, -0.2) is 92.7 Å². The molecule has 1 fully saturated rings. The summed E-state index contributed by atoms with van der Waals surface area (Å²) < 4.78 is 30.3. The molecule has 0 spiro atoms. The van der Waals surface area contributed by atoms with Gasteiger partial charge in [-0.15, -0.1) is 11.8 Å². The molecule has 11 nitrogen and oxygen atoms in total. The standard InChI is InChI=1S/C44H47ClN8O3S2/c1-51(2)20-19-34(29-57-36-11-7-4-8-12-36)49-41-18-15-37(27-40(41)43(46)54)58(55,56)50-44-39-17-14-35(26-42(39)47-30-48-44)53-23-21-52(22-24-53)28-32-25-33(45)13-16-38(32)31-9-5-3-6-10-31/h3-18,25-27,30,34,49H,19-24,28-29H2,1-2H3,(H2,46,54)(H,47,48,50)/t34-/m1/s1. The maximum Gasteiger partial charge on any atom is 0.263 e. The number of nitrogens with two attached hydrogens (primary N) is 1. The van der Waals surface area contributed by atoms with Gasteiger partial charge >= 0.3 is 0 Å². The molecule has 58 heavy (non-hydrogen) atoms. The number of rotatable bonds is 16. The van der Waals surface area contributed by atoms with E-state index >= 15 is 0 Å². The summed E-state index contributed by atoms with van der Waals surface area (Å²) in [5, 5.41) is 4.74. The number of fused-ring (bicyclic) bond motifs is 1. The fraction of sp³-hybridized carbons (Fsp3) is 0.250. The van der Waals surface area contributed by atoms with Crippen molar-refractivity contribution in [3.63, 3.8) is 0 Å². The molecule has 1 aliphatic rings. The predicted molar refractivity (Wildman–Crippen MR) is 237 cm³/mol. The van der Waals surface area contributed by atoms with Crippen molar-refractivity contribution in [3.05, 3.63) is 138 Å². The van der Waals surface area contributed by atoms with Crippen LogP contribution >= 0.6 is 23.4 Å². The lowest BCUT2D eigenvalue weighted by molar-refractivity contribution is 0.100. The lowest BCUT2D eigenvalue weighted by atomic mass is 9.99. The molecule has 14 heteroatoms. The zero-order chi connectivity index (χ0) is 40.6. The first-order valence-corrected chi connectivity index (χ1v) is 22.0. The number of piperazine rings is 1. The van der Waals surface area contributed by atoms with Gasteiger partial charge < -0.3 is 20.9 Å². The third-order valence-corrected chi connectivity index (χ3v) is 12.9. The van der Waals surface area contributed by atoms with Gasteiger partial charge in [-0.25, -0.2) is 18.4 Å². The van der Waals surface area contributed by atoms with Gasteiger partial charge in [0, 0.05) is 71.2 Å². The number of nitrogens with one attached hydrogen (secondary N) is 2. The second kappa shape index (κ2) is 18.6. The maximum atomic E-state index is 13.8. The highest BCUT2D eigenvalue weighted by atomic mass is 35.5. The molecule has 4 N–H and O–H groups in total. The van der Waals surface area contributed by atoms with E-state index in [1.54, 1.807) is 17.8 Å². The van der Waals surface area contributed by atoms with Crippen molar-refractivity contribution in [2.75, 3.05) is 67.5 Å².